The summed E-state index contributed by atoms with van der Waals surface area (Å²) >= 11 is 0. The van der Waals surface area contributed by atoms with Gasteiger partial charge in [-0.05, 0) is 5.56 Å². The Kier molecular flexibility index (Phi) is 4.97. The van der Waals surface area contributed by atoms with Crippen LogP contribution in [0.1, 0.15) is 5.56 Å². The fourth-order valence-electron chi connectivity index (χ4n) is 1.03. The van der Waals surface area contributed by atoms with Gasteiger partial charge in [0.05, 0.1) is 0 Å². The first-order valence-corrected chi connectivity index (χ1v) is 4.68. The minimum absolute atomic E-state index is 0.210. The summed E-state index contributed by atoms with van der Waals surface area (Å²) in [5, 5.41) is 2.44. The van der Waals surface area contributed by atoms with Crippen molar-refractivity contribution in [1.82, 2.24) is 10.7 Å². The highest BCUT2D eigenvalue weighted by molar-refractivity contribution is 5.85. The Morgan fingerprint density at radius 1 is 1.25 bits per heavy atom. The van der Waals surface area contributed by atoms with Crippen molar-refractivity contribution in [1.29, 1.82) is 0 Å². The number of carbonyl (C=O) groups is 2. The maximum Gasteiger partial charge on any atom is 0.415 e. The van der Waals surface area contributed by atoms with Crippen molar-refractivity contribution in [2.75, 3.05) is 6.54 Å². The van der Waals surface area contributed by atoms with Crippen LogP contribution in [-0.2, 0) is 16.1 Å². The lowest BCUT2D eigenvalue weighted by Gasteiger charge is -2.05. The van der Waals surface area contributed by atoms with Crippen molar-refractivity contribution >= 4 is 12.1 Å². The van der Waals surface area contributed by atoms with Crippen molar-refractivity contribution < 1.29 is 14.3 Å². The maximum atomic E-state index is 11.1. The number of nitrogens with two attached hydrogens (primary N) is 1. The third-order valence-corrected chi connectivity index (χ3v) is 1.73. The first-order chi connectivity index (χ1) is 7.72. The number of esters is 1. The summed E-state index contributed by atoms with van der Waals surface area (Å²) in [4.78, 5) is 21.9. The SMILES string of the molecule is NNCC(=O)OC(=O)NCc1ccccc1. The molecule has 0 aliphatic carbocycles. The van der Waals surface area contributed by atoms with Gasteiger partial charge in [-0.15, -0.1) is 0 Å². The fraction of sp³-hybridized carbons (Fsp3) is 0.200. The molecule has 0 bridgehead atoms. The monoisotopic (exact) mass is 223 g/mol. The molecule has 0 radical (unpaired) electrons. The third-order valence-electron chi connectivity index (χ3n) is 1.73. The fourth-order valence-corrected chi connectivity index (χ4v) is 1.03. The zero-order chi connectivity index (χ0) is 11.8. The molecule has 0 unspecified atom stereocenters. The topological polar surface area (TPSA) is 93.4 Å². The van der Waals surface area contributed by atoms with Gasteiger partial charge >= 0.3 is 12.1 Å². The number of nitrogens with one attached hydrogen (secondary N) is 2. The predicted molar refractivity (Wildman–Crippen MR) is 57.0 cm³/mol. The molecular weight excluding hydrogens is 210 g/mol. The Morgan fingerprint density at radius 2 is 1.94 bits per heavy atom. The van der Waals surface area contributed by atoms with Gasteiger partial charge in [-0.3, -0.25) is 10.6 Å². The molecule has 6 nitrogen and oxygen atoms in total. The average molecular weight is 223 g/mol. The molecule has 0 saturated carbocycles. The number of hydrogen-bond acceptors (Lipinski definition) is 5. The molecule has 1 amide bonds. The zero-order valence-corrected chi connectivity index (χ0v) is 8.60. The van der Waals surface area contributed by atoms with Crippen molar-refractivity contribution in [2.45, 2.75) is 6.54 Å². The number of ether oxygens (including phenoxy) is 1. The van der Waals surface area contributed by atoms with Crippen LogP contribution in [0.15, 0.2) is 30.3 Å². The van der Waals surface area contributed by atoms with Crippen LogP contribution in [0.2, 0.25) is 0 Å². The standard InChI is InChI=1S/C10H13N3O3/c11-13-7-9(14)16-10(15)12-6-8-4-2-1-3-5-8/h1-5,13H,6-7,11H2,(H,12,15). The number of rotatable bonds is 4. The quantitative estimate of drug-likeness (QED) is 0.287. The van der Waals surface area contributed by atoms with E-state index in [0.29, 0.717) is 6.54 Å². The van der Waals surface area contributed by atoms with Crippen molar-refractivity contribution in [3.8, 4) is 0 Å². The second-order valence-electron chi connectivity index (χ2n) is 2.98. The molecule has 4 N–H and O–H groups in total. The second kappa shape index (κ2) is 6.54. The van der Waals surface area contributed by atoms with Gasteiger partial charge in [0.1, 0.15) is 6.54 Å². The van der Waals surface area contributed by atoms with Crippen LogP contribution in [0.4, 0.5) is 4.79 Å². The molecule has 16 heavy (non-hydrogen) atoms. The smallest absolute Gasteiger partial charge is 0.375 e. The molecule has 0 heterocycles. The molecule has 0 atom stereocenters. The number of alkyl carbamates (subject to hydrolysis) is 1. The molecule has 1 aromatic carbocycles. The van der Waals surface area contributed by atoms with Gasteiger partial charge in [-0.2, -0.15) is 0 Å². The van der Waals surface area contributed by atoms with E-state index in [-0.39, 0.29) is 6.54 Å². The first kappa shape index (κ1) is 12.2. The van der Waals surface area contributed by atoms with E-state index in [1.165, 1.54) is 0 Å². The van der Waals surface area contributed by atoms with E-state index in [1.54, 1.807) is 0 Å². The van der Waals surface area contributed by atoms with Crippen LogP contribution in [0, 0.1) is 0 Å². The summed E-state index contributed by atoms with van der Waals surface area (Å²) in [6.07, 6.45) is -0.788. The van der Waals surface area contributed by atoms with Crippen LogP contribution in [-0.4, -0.2) is 18.6 Å². The van der Waals surface area contributed by atoms with Crippen LogP contribution in [0.5, 0.6) is 0 Å². The van der Waals surface area contributed by atoms with Gasteiger partial charge < -0.3 is 10.1 Å². The lowest BCUT2D eigenvalue weighted by atomic mass is 10.2. The molecule has 86 valence electrons. The largest absolute Gasteiger partial charge is 0.415 e. The summed E-state index contributed by atoms with van der Waals surface area (Å²) < 4.78 is 4.38. The minimum atomic E-state index is -0.788. The Bertz CT molecular complexity index is 354. The molecule has 1 aromatic rings. The maximum absolute atomic E-state index is 11.1. The molecule has 1 rings (SSSR count). The van der Waals surface area contributed by atoms with Crippen LogP contribution in [0.25, 0.3) is 0 Å². The Balaban J connectivity index is 2.28. The Morgan fingerprint density at radius 3 is 2.56 bits per heavy atom. The third kappa shape index (κ3) is 4.54. The Hall–Kier alpha value is -1.92. The lowest BCUT2D eigenvalue weighted by molar-refractivity contribution is -0.136. The van der Waals surface area contributed by atoms with E-state index in [0.717, 1.165) is 5.56 Å². The van der Waals surface area contributed by atoms with Crippen LogP contribution < -0.4 is 16.6 Å². The summed E-state index contributed by atoms with van der Waals surface area (Å²) in [6.45, 7) is 0.0990. The minimum Gasteiger partial charge on any atom is -0.375 e. The molecule has 0 fully saturated rings. The number of carbonyl (C=O) groups excluding carboxylic acids is 2. The van der Waals surface area contributed by atoms with Gasteiger partial charge in [0.25, 0.3) is 0 Å². The number of benzene rings is 1. The van der Waals surface area contributed by atoms with Crippen molar-refractivity contribution in [2.24, 2.45) is 5.84 Å². The number of hydrazine groups is 1. The molecule has 0 aliphatic rings. The summed E-state index contributed by atoms with van der Waals surface area (Å²) in [6, 6.07) is 9.28. The molecule has 0 saturated heterocycles. The lowest BCUT2D eigenvalue weighted by Crippen LogP contribution is -2.34. The van der Waals surface area contributed by atoms with Crippen molar-refractivity contribution in [3.63, 3.8) is 0 Å². The van der Waals surface area contributed by atoms with Gasteiger partial charge in [0.15, 0.2) is 0 Å². The van der Waals surface area contributed by atoms with Gasteiger partial charge in [-0.25, -0.2) is 10.2 Å². The summed E-state index contributed by atoms with van der Waals surface area (Å²) in [5.74, 6) is 4.16. The molecular formula is C10H13N3O3. The van der Waals surface area contributed by atoms with E-state index in [4.69, 9.17) is 5.84 Å². The first-order valence-electron chi connectivity index (χ1n) is 4.68. The number of hydrogen-bond donors (Lipinski definition) is 3. The highest BCUT2D eigenvalue weighted by Crippen LogP contribution is 1.97. The molecule has 6 heteroatoms. The molecule has 0 aliphatic heterocycles. The van der Waals surface area contributed by atoms with E-state index in [1.807, 2.05) is 30.3 Å². The molecule has 0 aromatic heterocycles. The average Bonchev–Trinajstić information content (AvgIpc) is 2.28. The van der Waals surface area contributed by atoms with Gasteiger partial charge in [0.2, 0.25) is 0 Å². The van der Waals surface area contributed by atoms with Crippen LogP contribution >= 0.6 is 0 Å². The highest BCUT2D eigenvalue weighted by Gasteiger charge is 2.08. The normalized spacial score (nSPS) is 9.56. The Labute approximate surface area is 92.7 Å². The van der Waals surface area contributed by atoms with E-state index < -0.39 is 12.1 Å². The van der Waals surface area contributed by atoms with Crippen LogP contribution in [0.3, 0.4) is 0 Å². The predicted octanol–water partition coefficient (Wildman–Crippen LogP) is -0.0973. The van der Waals surface area contributed by atoms with Gasteiger partial charge in [0, 0.05) is 6.54 Å². The van der Waals surface area contributed by atoms with E-state index >= 15 is 0 Å². The number of amides is 1. The summed E-state index contributed by atoms with van der Waals surface area (Å²) in [5.41, 5.74) is 3.01. The van der Waals surface area contributed by atoms with E-state index in [9.17, 15) is 9.59 Å². The zero-order valence-electron chi connectivity index (χ0n) is 8.60. The summed E-state index contributed by atoms with van der Waals surface area (Å²) in [7, 11) is 0. The highest BCUT2D eigenvalue weighted by atomic mass is 16.6. The van der Waals surface area contributed by atoms with E-state index in [2.05, 4.69) is 15.5 Å². The second-order valence-corrected chi connectivity index (χ2v) is 2.98. The molecule has 0 spiro atoms. The van der Waals surface area contributed by atoms with Gasteiger partial charge in [-0.1, -0.05) is 30.3 Å². The van der Waals surface area contributed by atoms with Crippen molar-refractivity contribution in [3.05, 3.63) is 35.9 Å².